The molecule has 0 unspecified atom stereocenters. The van der Waals surface area contributed by atoms with Crippen molar-refractivity contribution < 1.29 is 0 Å². The van der Waals surface area contributed by atoms with Crippen LogP contribution in [0.5, 0.6) is 0 Å². The molecule has 0 bridgehead atoms. The second-order valence-corrected chi connectivity index (χ2v) is 5.86. The van der Waals surface area contributed by atoms with E-state index in [1.165, 1.54) is 32.1 Å². The molecule has 1 N–H and O–H groups in total. The first kappa shape index (κ1) is 10.9. The van der Waals surface area contributed by atoms with Crippen LogP contribution in [-0.2, 0) is 0 Å². The highest BCUT2D eigenvalue weighted by Gasteiger charge is 2.19. The average Bonchev–Trinajstić information content (AvgIpc) is 2.98. The predicted octanol–water partition coefficient (Wildman–Crippen LogP) is 3.28. The van der Waals surface area contributed by atoms with Gasteiger partial charge >= 0.3 is 0 Å². The monoisotopic (exact) mass is 248 g/mol. The summed E-state index contributed by atoms with van der Waals surface area (Å²) < 4.78 is 0. The quantitative estimate of drug-likeness (QED) is 0.887. The molecule has 17 heavy (non-hydrogen) atoms. The minimum absolute atomic E-state index is 0.582. The third kappa shape index (κ3) is 2.24. The fraction of sp³-hybridized carbons (Fsp3) is 0.583. The van der Waals surface area contributed by atoms with Crippen molar-refractivity contribution in [3.05, 3.63) is 17.0 Å². The van der Waals surface area contributed by atoms with E-state index in [0.717, 1.165) is 21.5 Å². The summed E-state index contributed by atoms with van der Waals surface area (Å²) in [6, 6.07) is 0. The summed E-state index contributed by atoms with van der Waals surface area (Å²) in [5, 5.41) is 8.47. The molecule has 0 amide bonds. The molecule has 4 nitrogen and oxygen atoms in total. The Balaban J connectivity index is 1.82. The molecule has 1 aliphatic rings. The highest BCUT2D eigenvalue weighted by Crippen LogP contribution is 2.31. The van der Waals surface area contributed by atoms with E-state index in [1.807, 2.05) is 13.1 Å². The molecule has 0 radical (unpaired) electrons. The van der Waals surface area contributed by atoms with Gasteiger partial charge in [-0.1, -0.05) is 19.3 Å². The van der Waals surface area contributed by atoms with Gasteiger partial charge in [-0.15, -0.1) is 11.3 Å². The Hall–Kier alpha value is -1.23. The predicted molar refractivity (Wildman–Crippen MR) is 68.1 cm³/mol. The minimum Gasteiger partial charge on any atom is -0.262 e. The van der Waals surface area contributed by atoms with Gasteiger partial charge in [-0.25, -0.2) is 9.97 Å². The lowest BCUT2D eigenvalue weighted by molar-refractivity contribution is 0.429. The van der Waals surface area contributed by atoms with Gasteiger partial charge < -0.3 is 0 Å². The Morgan fingerprint density at radius 2 is 2.12 bits per heavy atom. The molecule has 0 aromatic carbocycles. The van der Waals surface area contributed by atoms with Crippen molar-refractivity contribution in [2.45, 2.75) is 44.9 Å². The smallest absolute Gasteiger partial charge is 0.192 e. The number of nitrogens with zero attached hydrogens (tertiary/aromatic N) is 3. The van der Waals surface area contributed by atoms with Crippen molar-refractivity contribution in [2.75, 3.05) is 0 Å². The van der Waals surface area contributed by atoms with Crippen LogP contribution in [0.3, 0.4) is 0 Å². The summed E-state index contributed by atoms with van der Waals surface area (Å²) in [6.45, 7) is 2.00. The van der Waals surface area contributed by atoms with Crippen LogP contribution < -0.4 is 0 Å². The van der Waals surface area contributed by atoms with Crippen molar-refractivity contribution in [3.63, 3.8) is 0 Å². The number of aryl methyl sites for hydroxylation is 1. The Morgan fingerprint density at radius 3 is 2.82 bits per heavy atom. The highest BCUT2D eigenvalue weighted by atomic mass is 32.1. The first-order valence-corrected chi connectivity index (χ1v) is 6.99. The minimum atomic E-state index is 0.582. The molecule has 1 fully saturated rings. The van der Waals surface area contributed by atoms with E-state index >= 15 is 0 Å². The molecule has 0 atom stereocenters. The largest absolute Gasteiger partial charge is 0.262 e. The number of rotatable bonds is 2. The number of aromatic amines is 1. The van der Waals surface area contributed by atoms with E-state index in [4.69, 9.17) is 0 Å². The molecule has 1 saturated carbocycles. The molecule has 2 heterocycles. The molecular formula is C12H16N4S. The second-order valence-electron chi connectivity index (χ2n) is 4.62. The lowest BCUT2D eigenvalue weighted by Crippen LogP contribution is -2.06. The molecular weight excluding hydrogens is 232 g/mol. The second kappa shape index (κ2) is 4.56. The lowest BCUT2D eigenvalue weighted by atomic mass is 9.89. The summed E-state index contributed by atoms with van der Waals surface area (Å²) in [5.74, 6) is 2.45. The topological polar surface area (TPSA) is 54.5 Å². The third-order valence-electron chi connectivity index (χ3n) is 3.34. The molecule has 0 aliphatic heterocycles. The molecule has 2 aromatic heterocycles. The zero-order chi connectivity index (χ0) is 11.7. The number of H-pyrrole nitrogens is 1. The number of hydrogen-bond donors (Lipinski definition) is 1. The van der Waals surface area contributed by atoms with Crippen molar-refractivity contribution in [1.29, 1.82) is 0 Å². The van der Waals surface area contributed by atoms with Gasteiger partial charge in [0.25, 0.3) is 0 Å². The maximum absolute atomic E-state index is 4.62. The summed E-state index contributed by atoms with van der Waals surface area (Å²) >= 11 is 1.64. The summed E-state index contributed by atoms with van der Waals surface area (Å²) in [7, 11) is 0. The molecule has 1 aliphatic carbocycles. The van der Waals surface area contributed by atoms with Crippen LogP contribution in [0.4, 0.5) is 0 Å². The summed E-state index contributed by atoms with van der Waals surface area (Å²) in [6.07, 6.45) is 8.35. The molecule has 5 heteroatoms. The number of hydrogen-bond acceptors (Lipinski definition) is 4. The van der Waals surface area contributed by atoms with Gasteiger partial charge in [-0.05, 0) is 19.8 Å². The van der Waals surface area contributed by atoms with Gasteiger partial charge in [0.05, 0.1) is 9.88 Å². The van der Waals surface area contributed by atoms with E-state index < -0.39 is 0 Å². The van der Waals surface area contributed by atoms with E-state index in [9.17, 15) is 0 Å². The van der Waals surface area contributed by atoms with Gasteiger partial charge in [0.2, 0.25) is 0 Å². The van der Waals surface area contributed by atoms with Gasteiger partial charge in [-0.3, -0.25) is 5.10 Å². The number of thiazole rings is 1. The number of nitrogens with one attached hydrogen (secondary N) is 1. The maximum atomic E-state index is 4.62. The van der Waals surface area contributed by atoms with E-state index in [-0.39, 0.29) is 0 Å². The van der Waals surface area contributed by atoms with Crippen LogP contribution in [0, 0.1) is 6.92 Å². The lowest BCUT2D eigenvalue weighted by Gasteiger charge is -2.18. The number of aromatic nitrogens is 4. The van der Waals surface area contributed by atoms with E-state index in [0.29, 0.717) is 5.92 Å². The van der Waals surface area contributed by atoms with Gasteiger partial charge in [-0.2, -0.15) is 5.10 Å². The fourth-order valence-corrected chi connectivity index (χ4v) is 3.12. The van der Waals surface area contributed by atoms with E-state index in [2.05, 4.69) is 20.2 Å². The average molecular weight is 248 g/mol. The third-order valence-corrected chi connectivity index (χ3v) is 4.24. The van der Waals surface area contributed by atoms with Crippen LogP contribution in [-0.4, -0.2) is 20.2 Å². The Labute approximate surface area is 105 Å². The highest BCUT2D eigenvalue weighted by molar-refractivity contribution is 7.14. The van der Waals surface area contributed by atoms with Crippen molar-refractivity contribution in [2.24, 2.45) is 0 Å². The van der Waals surface area contributed by atoms with Crippen LogP contribution in [0.25, 0.3) is 10.7 Å². The normalized spacial score (nSPS) is 17.5. The van der Waals surface area contributed by atoms with Crippen LogP contribution >= 0.6 is 11.3 Å². The first-order valence-electron chi connectivity index (χ1n) is 6.18. The van der Waals surface area contributed by atoms with Gasteiger partial charge in [0, 0.05) is 12.1 Å². The molecule has 3 rings (SSSR count). The van der Waals surface area contributed by atoms with Crippen LogP contribution in [0.2, 0.25) is 0 Å². The van der Waals surface area contributed by atoms with Crippen LogP contribution in [0.1, 0.15) is 48.9 Å². The van der Waals surface area contributed by atoms with Crippen LogP contribution in [0.15, 0.2) is 6.20 Å². The SMILES string of the molecule is Cc1ncc(-c2n[nH]c(C3CCCCC3)n2)s1. The maximum Gasteiger partial charge on any atom is 0.192 e. The molecule has 2 aromatic rings. The van der Waals surface area contributed by atoms with Crippen molar-refractivity contribution >= 4 is 11.3 Å². The molecule has 90 valence electrons. The fourth-order valence-electron chi connectivity index (χ4n) is 2.41. The van der Waals surface area contributed by atoms with Gasteiger partial charge in [0.1, 0.15) is 5.82 Å². The summed E-state index contributed by atoms with van der Waals surface area (Å²) in [4.78, 5) is 9.92. The Bertz CT molecular complexity index is 496. The van der Waals surface area contributed by atoms with Gasteiger partial charge in [0.15, 0.2) is 5.82 Å². The zero-order valence-electron chi connectivity index (χ0n) is 9.94. The first-order chi connectivity index (χ1) is 8.33. The molecule has 0 saturated heterocycles. The Kier molecular flexibility index (Phi) is 2.93. The van der Waals surface area contributed by atoms with E-state index in [1.54, 1.807) is 11.3 Å². The zero-order valence-corrected chi connectivity index (χ0v) is 10.8. The summed E-state index contributed by atoms with van der Waals surface area (Å²) in [5.41, 5.74) is 0. The molecule has 0 spiro atoms. The standard InChI is InChI=1S/C12H16N4S/c1-8-13-7-10(17-8)12-14-11(15-16-12)9-5-3-2-4-6-9/h7,9H,2-6H2,1H3,(H,14,15,16). The van der Waals surface area contributed by atoms with Crippen molar-refractivity contribution in [3.8, 4) is 10.7 Å². The van der Waals surface area contributed by atoms with Crippen molar-refractivity contribution in [1.82, 2.24) is 20.2 Å². The Morgan fingerprint density at radius 1 is 1.29 bits per heavy atom.